The van der Waals surface area contributed by atoms with Crippen LogP contribution in [0.1, 0.15) is 43.9 Å². The predicted molar refractivity (Wildman–Crippen MR) is 80.4 cm³/mol. The molecule has 1 aromatic carbocycles. The van der Waals surface area contributed by atoms with Crippen molar-refractivity contribution in [2.45, 2.75) is 45.2 Å². The van der Waals surface area contributed by atoms with E-state index in [-0.39, 0.29) is 30.4 Å². The summed E-state index contributed by atoms with van der Waals surface area (Å²) in [4.78, 5) is 14.2. The minimum absolute atomic E-state index is 0. The van der Waals surface area contributed by atoms with E-state index < -0.39 is 0 Å². The van der Waals surface area contributed by atoms with Crippen LogP contribution in [0.25, 0.3) is 0 Å². The van der Waals surface area contributed by atoms with Gasteiger partial charge in [-0.25, -0.2) is 0 Å². The minimum atomic E-state index is -0.345. The minimum Gasteiger partial charge on any atom is -0.334 e. The summed E-state index contributed by atoms with van der Waals surface area (Å²) in [5, 5.41) is 0. The molecule has 0 fully saturated rings. The van der Waals surface area contributed by atoms with Crippen LogP contribution in [0.15, 0.2) is 24.3 Å². The molecule has 0 saturated heterocycles. The third-order valence-electron chi connectivity index (χ3n) is 3.79. The molecule has 0 bridgehead atoms. The Morgan fingerprint density at radius 3 is 2.84 bits per heavy atom. The number of hydrogen-bond donors (Lipinski definition) is 1. The molecule has 1 heterocycles. The van der Waals surface area contributed by atoms with Crippen LogP contribution in [-0.4, -0.2) is 23.4 Å². The van der Waals surface area contributed by atoms with Gasteiger partial charge < -0.3 is 10.6 Å². The molecule has 0 aromatic heterocycles. The molecule has 4 heteroatoms. The molecule has 19 heavy (non-hydrogen) atoms. The van der Waals surface area contributed by atoms with Gasteiger partial charge in [-0.05, 0) is 30.9 Å². The summed E-state index contributed by atoms with van der Waals surface area (Å²) in [5.74, 6) is 0.0962. The molecule has 1 amide bonds. The van der Waals surface area contributed by atoms with Gasteiger partial charge in [-0.15, -0.1) is 12.4 Å². The molecule has 106 valence electrons. The van der Waals surface area contributed by atoms with Crippen LogP contribution >= 0.6 is 12.4 Å². The smallest absolute Gasteiger partial charge is 0.239 e. The second-order valence-corrected chi connectivity index (χ2v) is 5.05. The van der Waals surface area contributed by atoms with Crippen molar-refractivity contribution >= 4 is 18.3 Å². The molecule has 0 spiro atoms. The molecule has 1 aromatic rings. The normalized spacial score (nSPS) is 19.3. The van der Waals surface area contributed by atoms with Gasteiger partial charge in [0.15, 0.2) is 0 Å². The lowest BCUT2D eigenvalue weighted by Crippen LogP contribution is -2.47. The van der Waals surface area contributed by atoms with E-state index in [1.807, 2.05) is 11.0 Å². The maximum atomic E-state index is 12.3. The molecule has 2 atom stereocenters. The van der Waals surface area contributed by atoms with E-state index in [1.54, 1.807) is 0 Å². The maximum Gasteiger partial charge on any atom is 0.239 e. The van der Waals surface area contributed by atoms with Gasteiger partial charge in [0.1, 0.15) is 0 Å². The zero-order valence-corrected chi connectivity index (χ0v) is 12.5. The second-order valence-electron chi connectivity index (χ2n) is 5.05. The van der Waals surface area contributed by atoms with Crippen molar-refractivity contribution in [1.82, 2.24) is 4.90 Å². The van der Waals surface area contributed by atoms with Crippen molar-refractivity contribution in [2.24, 2.45) is 5.73 Å². The second kappa shape index (κ2) is 6.92. The van der Waals surface area contributed by atoms with E-state index in [4.69, 9.17) is 5.73 Å². The zero-order valence-electron chi connectivity index (χ0n) is 11.6. The first kappa shape index (κ1) is 16.0. The first-order valence-electron chi connectivity index (χ1n) is 6.79. The van der Waals surface area contributed by atoms with Crippen molar-refractivity contribution in [3.63, 3.8) is 0 Å². The van der Waals surface area contributed by atoms with Gasteiger partial charge in [-0.2, -0.15) is 0 Å². The Balaban J connectivity index is 0.00000180. The van der Waals surface area contributed by atoms with Crippen molar-refractivity contribution < 1.29 is 4.79 Å². The summed E-state index contributed by atoms with van der Waals surface area (Å²) >= 11 is 0. The molecule has 0 aliphatic carbocycles. The molecule has 2 N–H and O–H groups in total. The highest BCUT2D eigenvalue weighted by Gasteiger charge is 2.29. The first-order chi connectivity index (χ1) is 8.65. The number of benzene rings is 1. The maximum absolute atomic E-state index is 12.3. The molecular formula is C15H23ClN2O. The quantitative estimate of drug-likeness (QED) is 0.926. The Morgan fingerprint density at radius 1 is 1.47 bits per heavy atom. The van der Waals surface area contributed by atoms with E-state index in [1.165, 1.54) is 11.1 Å². The fraction of sp³-hybridized carbons (Fsp3) is 0.533. The molecule has 2 unspecified atom stereocenters. The zero-order chi connectivity index (χ0) is 13.1. The number of amides is 1. The van der Waals surface area contributed by atoms with Crippen molar-refractivity contribution in [2.75, 3.05) is 6.54 Å². The number of hydrogen-bond acceptors (Lipinski definition) is 2. The van der Waals surface area contributed by atoms with Crippen LogP contribution in [0.4, 0.5) is 0 Å². The van der Waals surface area contributed by atoms with E-state index >= 15 is 0 Å². The number of carbonyl (C=O) groups is 1. The van der Waals surface area contributed by atoms with Gasteiger partial charge in [0, 0.05) is 6.54 Å². The Hall–Kier alpha value is -1.06. The summed E-state index contributed by atoms with van der Waals surface area (Å²) in [6, 6.07) is 8.17. The van der Waals surface area contributed by atoms with Gasteiger partial charge in [0.2, 0.25) is 5.91 Å². The average molecular weight is 283 g/mol. The number of rotatable bonds is 3. The average Bonchev–Trinajstić information content (AvgIpc) is 2.39. The van der Waals surface area contributed by atoms with Crippen LogP contribution in [0, 0.1) is 0 Å². The van der Waals surface area contributed by atoms with Gasteiger partial charge in [-0.1, -0.05) is 37.6 Å². The van der Waals surface area contributed by atoms with Gasteiger partial charge in [0.25, 0.3) is 0 Å². The monoisotopic (exact) mass is 282 g/mol. The fourth-order valence-electron chi connectivity index (χ4n) is 2.72. The SMILES string of the molecule is CCCC(N)C(=O)N1CCc2ccccc2C1C.Cl. The number of nitrogens with zero attached hydrogens (tertiary/aromatic N) is 1. The van der Waals surface area contributed by atoms with Crippen LogP contribution in [0.2, 0.25) is 0 Å². The van der Waals surface area contributed by atoms with Crippen LogP contribution in [-0.2, 0) is 11.2 Å². The molecule has 0 saturated carbocycles. The van der Waals surface area contributed by atoms with E-state index in [2.05, 4.69) is 32.0 Å². The Kier molecular flexibility index (Phi) is 5.83. The lowest BCUT2D eigenvalue weighted by Gasteiger charge is -2.36. The summed E-state index contributed by atoms with van der Waals surface area (Å²) in [6.07, 6.45) is 2.65. The molecule has 3 nitrogen and oxygen atoms in total. The van der Waals surface area contributed by atoms with E-state index in [0.717, 1.165) is 25.8 Å². The standard InChI is InChI=1S/C15H22N2O.ClH/c1-3-6-14(16)15(18)17-10-9-12-7-4-5-8-13(12)11(17)2;/h4-5,7-8,11,14H,3,6,9-10,16H2,1-2H3;1H. The van der Waals surface area contributed by atoms with Crippen molar-refractivity contribution in [3.05, 3.63) is 35.4 Å². The number of nitrogens with two attached hydrogens (primary N) is 1. The van der Waals surface area contributed by atoms with Crippen molar-refractivity contribution in [3.8, 4) is 0 Å². The number of fused-ring (bicyclic) bond motifs is 1. The van der Waals surface area contributed by atoms with Gasteiger partial charge in [0.05, 0.1) is 12.1 Å². The summed E-state index contributed by atoms with van der Waals surface area (Å²) in [5.41, 5.74) is 8.57. The first-order valence-corrected chi connectivity index (χ1v) is 6.79. The highest BCUT2D eigenvalue weighted by Crippen LogP contribution is 2.29. The van der Waals surface area contributed by atoms with Gasteiger partial charge in [-0.3, -0.25) is 4.79 Å². The molecule has 0 radical (unpaired) electrons. The van der Waals surface area contributed by atoms with E-state index in [9.17, 15) is 4.79 Å². The van der Waals surface area contributed by atoms with Crippen LogP contribution in [0.5, 0.6) is 0 Å². The van der Waals surface area contributed by atoms with Crippen LogP contribution in [0.3, 0.4) is 0 Å². The summed E-state index contributed by atoms with van der Waals surface area (Å²) < 4.78 is 0. The van der Waals surface area contributed by atoms with Crippen molar-refractivity contribution in [1.29, 1.82) is 0 Å². The Labute approximate surface area is 121 Å². The predicted octanol–water partition coefficient (Wildman–Crippen LogP) is 2.68. The third kappa shape index (κ3) is 3.28. The molecule has 2 rings (SSSR count). The molecule has 1 aliphatic rings. The number of halogens is 1. The number of carbonyl (C=O) groups excluding carboxylic acids is 1. The fourth-order valence-corrected chi connectivity index (χ4v) is 2.72. The Morgan fingerprint density at radius 2 is 2.16 bits per heavy atom. The molecular weight excluding hydrogens is 260 g/mol. The topological polar surface area (TPSA) is 46.3 Å². The Bertz CT molecular complexity index is 436. The van der Waals surface area contributed by atoms with E-state index in [0.29, 0.717) is 0 Å². The van der Waals surface area contributed by atoms with Crippen LogP contribution < -0.4 is 5.73 Å². The summed E-state index contributed by atoms with van der Waals surface area (Å²) in [7, 11) is 0. The highest BCUT2D eigenvalue weighted by atomic mass is 35.5. The lowest BCUT2D eigenvalue weighted by atomic mass is 9.93. The largest absolute Gasteiger partial charge is 0.334 e. The van der Waals surface area contributed by atoms with Gasteiger partial charge >= 0.3 is 0 Å². The summed E-state index contributed by atoms with van der Waals surface area (Å²) in [6.45, 7) is 4.94. The highest BCUT2D eigenvalue weighted by molar-refractivity contribution is 5.85. The third-order valence-corrected chi connectivity index (χ3v) is 3.79. The molecule has 1 aliphatic heterocycles. The lowest BCUT2D eigenvalue weighted by molar-refractivity contribution is -0.135.